The first-order valence-corrected chi connectivity index (χ1v) is 9.09. The first-order valence-electron chi connectivity index (χ1n) is 9.09. The molecule has 0 radical (unpaired) electrons. The number of aliphatic carboxylic acids is 1. The summed E-state index contributed by atoms with van der Waals surface area (Å²) in [6, 6.07) is 19.9. The van der Waals surface area contributed by atoms with Crippen molar-refractivity contribution < 1.29 is 23.8 Å². The summed E-state index contributed by atoms with van der Waals surface area (Å²) < 4.78 is 18.8. The van der Waals surface area contributed by atoms with Gasteiger partial charge in [0.05, 0.1) is 5.56 Å². The van der Waals surface area contributed by atoms with Gasteiger partial charge in [-0.05, 0) is 53.9 Å². The standard InChI is InChI=1S/C23H20FNO4/c24-18-10-5-17(6-11-18)15-29-21-4-2-1-3-20(21)23(28)25-19-12-7-16(8-13-19)9-14-22(26)27/h1-8,10-13H,9,14-15H2,(H,25,28)(H,26,27). The molecule has 3 aromatic rings. The number of nitrogens with one attached hydrogen (secondary N) is 1. The number of anilines is 1. The molecule has 3 rings (SSSR count). The van der Waals surface area contributed by atoms with E-state index in [1.165, 1.54) is 12.1 Å². The molecule has 5 nitrogen and oxygen atoms in total. The molecule has 0 saturated heterocycles. The highest BCUT2D eigenvalue weighted by Crippen LogP contribution is 2.21. The van der Waals surface area contributed by atoms with E-state index in [9.17, 15) is 14.0 Å². The van der Waals surface area contributed by atoms with Crippen LogP contribution in [0, 0.1) is 5.82 Å². The zero-order valence-electron chi connectivity index (χ0n) is 15.6. The maximum Gasteiger partial charge on any atom is 0.303 e. The van der Waals surface area contributed by atoms with Crippen LogP contribution in [-0.4, -0.2) is 17.0 Å². The molecular formula is C23H20FNO4. The number of aryl methyl sites for hydroxylation is 1. The van der Waals surface area contributed by atoms with Gasteiger partial charge in [-0.15, -0.1) is 0 Å². The average molecular weight is 393 g/mol. The Balaban J connectivity index is 1.64. The molecule has 0 aliphatic carbocycles. The van der Waals surface area contributed by atoms with Crippen molar-refractivity contribution in [1.82, 2.24) is 0 Å². The predicted molar refractivity (Wildman–Crippen MR) is 108 cm³/mol. The molecule has 3 aromatic carbocycles. The minimum Gasteiger partial charge on any atom is -0.488 e. The fraction of sp³-hybridized carbons (Fsp3) is 0.130. The van der Waals surface area contributed by atoms with Gasteiger partial charge in [0.25, 0.3) is 5.91 Å². The zero-order valence-corrected chi connectivity index (χ0v) is 15.6. The van der Waals surface area contributed by atoms with Crippen LogP contribution in [0.25, 0.3) is 0 Å². The maximum atomic E-state index is 13.0. The number of para-hydroxylation sites is 1. The smallest absolute Gasteiger partial charge is 0.303 e. The number of ether oxygens (including phenoxy) is 1. The van der Waals surface area contributed by atoms with E-state index >= 15 is 0 Å². The number of rotatable bonds is 8. The van der Waals surface area contributed by atoms with Crippen LogP contribution >= 0.6 is 0 Å². The quantitative estimate of drug-likeness (QED) is 0.583. The number of hydrogen-bond donors (Lipinski definition) is 2. The summed E-state index contributed by atoms with van der Waals surface area (Å²) in [5.41, 5.74) is 2.65. The van der Waals surface area contributed by atoms with Gasteiger partial charge in [-0.1, -0.05) is 36.4 Å². The summed E-state index contributed by atoms with van der Waals surface area (Å²) in [5.74, 6) is -1.06. The molecule has 2 N–H and O–H groups in total. The molecule has 0 aliphatic heterocycles. The van der Waals surface area contributed by atoms with Gasteiger partial charge < -0.3 is 15.2 Å². The van der Waals surface area contributed by atoms with Crippen molar-refractivity contribution in [2.75, 3.05) is 5.32 Å². The fourth-order valence-corrected chi connectivity index (χ4v) is 2.73. The molecule has 0 atom stereocenters. The number of carboxylic acids is 1. The summed E-state index contributed by atoms with van der Waals surface area (Å²) in [7, 11) is 0. The second-order valence-corrected chi connectivity index (χ2v) is 6.46. The highest BCUT2D eigenvalue weighted by Gasteiger charge is 2.13. The molecule has 29 heavy (non-hydrogen) atoms. The van der Waals surface area contributed by atoms with Crippen molar-refractivity contribution in [2.45, 2.75) is 19.4 Å². The van der Waals surface area contributed by atoms with Crippen LogP contribution in [0.4, 0.5) is 10.1 Å². The topological polar surface area (TPSA) is 75.6 Å². The number of carbonyl (C=O) groups excluding carboxylic acids is 1. The molecule has 0 spiro atoms. The number of amides is 1. The summed E-state index contributed by atoms with van der Waals surface area (Å²) in [6.07, 6.45) is 0.494. The SMILES string of the molecule is O=C(O)CCc1ccc(NC(=O)c2ccccc2OCc2ccc(F)cc2)cc1. The Morgan fingerprint density at radius 1 is 0.897 bits per heavy atom. The lowest BCUT2D eigenvalue weighted by Crippen LogP contribution is -2.13. The van der Waals surface area contributed by atoms with Crippen LogP contribution in [0.15, 0.2) is 72.8 Å². The molecule has 148 valence electrons. The average Bonchev–Trinajstić information content (AvgIpc) is 2.73. The first kappa shape index (κ1) is 20.1. The fourth-order valence-electron chi connectivity index (χ4n) is 2.73. The second kappa shape index (κ2) is 9.50. The van der Waals surface area contributed by atoms with Gasteiger partial charge in [0.2, 0.25) is 0 Å². The minimum absolute atomic E-state index is 0.0600. The predicted octanol–water partition coefficient (Wildman–Crippen LogP) is 4.67. The molecule has 0 saturated carbocycles. The van der Waals surface area contributed by atoms with Gasteiger partial charge in [0, 0.05) is 12.1 Å². The third-order valence-corrected chi connectivity index (χ3v) is 4.28. The molecule has 0 unspecified atom stereocenters. The van der Waals surface area contributed by atoms with Gasteiger partial charge in [-0.3, -0.25) is 9.59 Å². The normalized spacial score (nSPS) is 10.4. The zero-order chi connectivity index (χ0) is 20.6. The van der Waals surface area contributed by atoms with Crippen molar-refractivity contribution in [2.24, 2.45) is 0 Å². The van der Waals surface area contributed by atoms with E-state index in [4.69, 9.17) is 9.84 Å². The van der Waals surface area contributed by atoms with E-state index in [2.05, 4.69) is 5.32 Å². The third kappa shape index (κ3) is 5.90. The highest BCUT2D eigenvalue weighted by atomic mass is 19.1. The van der Waals surface area contributed by atoms with Gasteiger partial charge in [-0.25, -0.2) is 4.39 Å². The lowest BCUT2D eigenvalue weighted by Gasteiger charge is -2.12. The summed E-state index contributed by atoms with van der Waals surface area (Å²) in [6.45, 7) is 0.211. The van der Waals surface area contributed by atoms with E-state index in [1.807, 2.05) is 0 Å². The van der Waals surface area contributed by atoms with Crippen molar-refractivity contribution in [3.05, 3.63) is 95.3 Å². The van der Waals surface area contributed by atoms with Crippen LogP contribution in [0.3, 0.4) is 0 Å². The van der Waals surface area contributed by atoms with Crippen molar-refractivity contribution in [3.8, 4) is 5.75 Å². The Morgan fingerprint density at radius 2 is 1.55 bits per heavy atom. The van der Waals surface area contributed by atoms with Crippen molar-refractivity contribution in [3.63, 3.8) is 0 Å². The lowest BCUT2D eigenvalue weighted by molar-refractivity contribution is -0.136. The van der Waals surface area contributed by atoms with E-state index < -0.39 is 5.97 Å². The van der Waals surface area contributed by atoms with Crippen LogP contribution < -0.4 is 10.1 Å². The Labute approximate surface area is 167 Å². The minimum atomic E-state index is -0.848. The molecule has 0 aliphatic rings. The van der Waals surface area contributed by atoms with Crippen molar-refractivity contribution in [1.29, 1.82) is 0 Å². The van der Waals surface area contributed by atoms with Crippen LogP contribution in [0.5, 0.6) is 5.75 Å². The summed E-state index contributed by atoms with van der Waals surface area (Å²) in [5, 5.41) is 11.6. The Bertz CT molecular complexity index is 985. The monoisotopic (exact) mass is 393 g/mol. The maximum absolute atomic E-state index is 13.0. The summed E-state index contributed by atoms with van der Waals surface area (Å²) in [4.78, 5) is 23.3. The van der Waals surface area contributed by atoms with E-state index in [0.717, 1.165) is 11.1 Å². The van der Waals surface area contributed by atoms with Gasteiger partial charge >= 0.3 is 5.97 Å². The number of hydrogen-bond acceptors (Lipinski definition) is 3. The number of carboxylic acid groups (broad SMARTS) is 1. The van der Waals surface area contributed by atoms with Gasteiger partial charge in [0.1, 0.15) is 18.2 Å². The molecule has 6 heteroatoms. The largest absolute Gasteiger partial charge is 0.488 e. The first-order chi connectivity index (χ1) is 14.0. The van der Waals surface area contributed by atoms with Crippen molar-refractivity contribution >= 4 is 17.6 Å². The second-order valence-electron chi connectivity index (χ2n) is 6.46. The highest BCUT2D eigenvalue weighted by molar-refractivity contribution is 6.06. The molecule has 1 amide bonds. The summed E-state index contributed by atoms with van der Waals surface area (Å²) >= 11 is 0. The van der Waals surface area contributed by atoms with E-state index in [-0.39, 0.29) is 24.8 Å². The molecule has 0 bridgehead atoms. The lowest BCUT2D eigenvalue weighted by atomic mass is 10.1. The molecule has 0 fully saturated rings. The van der Waals surface area contributed by atoms with E-state index in [1.54, 1.807) is 60.7 Å². The number of carbonyl (C=O) groups is 2. The van der Waals surface area contributed by atoms with Crippen LogP contribution in [0.1, 0.15) is 27.9 Å². The molecule has 0 heterocycles. The van der Waals surface area contributed by atoms with E-state index in [0.29, 0.717) is 23.4 Å². The molecule has 0 aromatic heterocycles. The van der Waals surface area contributed by atoms with Crippen LogP contribution in [0.2, 0.25) is 0 Å². The molecular weight excluding hydrogens is 373 g/mol. The number of benzene rings is 3. The third-order valence-electron chi connectivity index (χ3n) is 4.28. The Morgan fingerprint density at radius 3 is 2.24 bits per heavy atom. The van der Waals surface area contributed by atoms with Crippen LogP contribution in [-0.2, 0) is 17.8 Å². The number of halogens is 1. The Kier molecular flexibility index (Phi) is 6.58. The van der Waals surface area contributed by atoms with Gasteiger partial charge in [0.15, 0.2) is 0 Å². The van der Waals surface area contributed by atoms with Gasteiger partial charge in [-0.2, -0.15) is 0 Å². The Hall–Kier alpha value is -3.67.